The van der Waals surface area contributed by atoms with Crippen LogP contribution >= 0.6 is 11.3 Å². The molecule has 0 bridgehead atoms. The second kappa shape index (κ2) is 6.38. The molecule has 1 heterocycles. The van der Waals surface area contributed by atoms with E-state index >= 15 is 0 Å². The van der Waals surface area contributed by atoms with Gasteiger partial charge in [-0.1, -0.05) is 12.1 Å². The lowest BCUT2D eigenvalue weighted by molar-refractivity contribution is 0.251. The van der Waals surface area contributed by atoms with E-state index in [0.717, 1.165) is 21.9 Å². The molecule has 0 atom stereocenters. The monoisotopic (exact) mass is 291 g/mol. The summed E-state index contributed by atoms with van der Waals surface area (Å²) in [7, 11) is 1.62. The number of aromatic nitrogens is 1. The van der Waals surface area contributed by atoms with Crippen molar-refractivity contribution >= 4 is 22.5 Å². The Morgan fingerprint density at radius 2 is 2.20 bits per heavy atom. The predicted molar refractivity (Wildman–Crippen MR) is 80.4 cm³/mol. The molecule has 2 amide bonds. The summed E-state index contributed by atoms with van der Waals surface area (Å²) in [5.74, 6) is 0.774. The fourth-order valence-electron chi connectivity index (χ4n) is 1.63. The number of anilines is 1. The number of benzene rings is 1. The molecule has 6 heteroatoms. The van der Waals surface area contributed by atoms with Crippen LogP contribution in [0.2, 0.25) is 0 Å². The van der Waals surface area contributed by atoms with Gasteiger partial charge in [0.15, 0.2) is 5.13 Å². The van der Waals surface area contributed by atoms with Crippen LogP contribution in [0, 0.1) is 13.8 Å². The van der Waals surface area contributed by atoms with Crippen molar-refractivity contribution in [3.05, 3.63) is 40.4 Å². The highest BCUT2D eigenvalue weighted by Crippen LogP contribution is 2.20. The Bertz CT molecular complexity index is 591. The van der Waals surface area contributed by atoms with Crippen LogP contribution in [-0.4, -0.2) is 18.1 Å². The number of rotatable bonds is 4. The Morgan fingerprint density at radius 1 is 1.40 bits per heavy atom. The van der Waals surface area contributed by atoms with Crippen LogP contribution < -0.4 is 15.4 Å². The second-order valence-corrected chi connectivity index (χ2v) is 5.52. The lowest BCUT2D eigenvalue weighted by atomic mass is 10.2. The number of methoxy groups -OCH3 is 1. The zero-order valence-electron chi connectivity index (χ0n) is 11.7. The molecule has 1 aromatic heterocycles. The molecular weight excluding hydrogens is 274 g/mol. The minimum absolute atomic E-state index is 0.262. The maximum Gasteiger partial charge on any atom is 0.321 e. The van der Waals surface area contributed by atoms with Crippen molar-refractivity contribution in [3.8, 4) is 5.75 Å². The number of ether oxygens (including phenoxy) is 1. The summed E-state index contributed by atoms with van der Waals surface area (Å²) >= 11 is 1.47. The lowest BCUT2D eigenvalue weighted by Crippen LogP contribution is -2.28. The van der Waals surface area contributed by atoms with Crippen molar-refractivity contribution in [2.24, 2.45) is 0 Å². The number of carbonyl (C=O) groups is 1. The Hall–Kier alpha value is -2.08. The van der Waals surface area contributed by atoms with E-state index in [1.165, 1.54) is 11.3 Å². The average molecular weight is 291 g/mol. The fraction of sp³-hybridized carbons (Fsp3) is 0.286. The smallest absolute Gasteiger partial charge is 0.321 e. The largest absolute Gasteiger partial charge is 0.497 e. The van der Waals surface area contributed by atoms with E-state index in [2.05, 4.69) is 15.6 Å². The highest BCUT2D eigenvalue weighted by molar-refractivity contribution is 7.15. The standard InChI is InChI=1S/C14H17N3O2S/c1-9-10(2)20-14(16-9)17-13(18)15-8-11-5-4-6-12(7-11)19-3/h4-7H,8H2,1-3H3,(H2,15,16,17,18). The molecule has 0 aliphatic rings. The van der Waals surface area contributed by atoms with E-state index in [-0.39, 0.29) is 6.03 Å². The minimum Gasteiger partial charge on any atom is -0.497 e. The van der Waals surface area contributed by atoms with Crippen molar-refractivity contribution in [3.63, 3.8) is 0 Å². The topological polar surface area (TPSA) is 63.2 Å². The van der Waals surface area contributed by atoms with Crippen molar-refractivity contribution < 1.29 is 9.53 Å². The normalized spacial score (nSPS) is 10.2. The van der Waals surface area contributed by atoms with Crippen LogP contribution in [0.5, 0.6) is 5.75 Å². The van der Waals surface area contributed by atoms with Gasteiger partial charge in [-0.15, -0.1) is 11.3 Å². The summed E-state index contributed by atoms with van der Waals surface area (Å²) in [6.07, 6.45) is 0. The first-order valence-corrected chi connectivity index (χ1v) is 7.02. The minimum atomic E-state index is -0.262. The van der Waals surface area contributed by atoms with Crippen molar-refractivity contribution in [1.29, 1.82) is 0 Å². The number of urea groups is 1. The molecule has 2 rings (SSSR count). The van der Waals surface area contributed by atoms with Gasteiger partial charge in [-0.2, -0.15) is 0 Å². The molecule has 0 radical (unpaired) electrons. The maximum absolute atomic E-state index is 11.8. The van der Waals surface area contributed by atoms with Gasteiger partial charge in [0, 0.05) is 11.4 Å². The Balaban J connectivity index is 1.88. The predicted octanol–water partition coefficient (Wildman–Crippen LogP) is 3.09. The summed E-state index contributed by atoms with van der Waals surface area (Å²) < 4.78 is 5.14. The van der Waals surface area contributed by atoms with Crippen LogP contribution in [0.25, 0.3) is 0 Å². The van der Waals surface area contributed by atoms with E-state index in [4.69, 9.17) is 4.74 Å². The molecule has 0 aliphatic heterocycles. The molecular formula is C14H17N3O2S. The van der Waals surface area contributed by atoms with Gasteiger partial charge in [0.25, 0.3) is 0 Å². The molecule has 1 aromatic carbocycles. The molecule has 0 aliphatic carbocycles. The molecule has 2 aromatic rings. The summed E-state index contributed by atoms with van der Waals surface area (Å²) in [4.78, 5) is 17.1. The average Bonchev–Trinajstić information content (AvgIpc) is 2.75. The molecule has 20 heavy (non-hydrogen) atoms. The summed E-state index contributed by atoms with van der Waals surface area (Å²) in [6.45, 7) is 4.34. The number of nitrogens with one attached hydrogen (secondary N) is 2. The van der Waals surface area contributed by atoms with Gasteiger partial charge in [-0.25, -0.2) is 9.78 Å². The van der Waals surface area contributed by atoms with E-state index in [1.54, 1.807) is 7.11 Å². The van der Waals surface area contributed by atoms with E-state index in [1.807, 2.05) is 38.1 Å². The number of hydrogen-bond donors (Lipinski definition) is 2. The molecule has 0 saturated heterocycles. The molecule has 2 N–H and O–H groups in total. The number of carbonyl (C=O) groups excluding carboxylic acids is 1. The zero-order chi connectivity index (χ0) is 14.5. The fourth-order valence-corrected chi connectivity index (χ4v) is 2.44. The molecule has 0 unspecified atom stereocenters. The third kappa shape index (κ3) is 3.71. The van der Waals surface area contributed by atoms with Crippen LogP contribution in [0.15, 0.2) is 24.3 Å². The van der Waals surface area contributed by atoms with Crippen LogP contribution in [0.1, 0.15) is 16.1 Å². The Labute approximate surface area is 122 Å². The van der Waals surface area contributed by atoms with Gasteiger partial charge in [-0.05, 0) is 31.5 Å². The number of hydrogen-bond acceptors (Lipinski definition) is 4. The molecule has 0 fully saturated rings. The first-order chi connectivity index (χ1) is 9.58. The van der Waals surface area contributed by atoms with Gasteiger partial charge < -0.3 is 10.1 Å². The highest BCUT2D eigenvalue weighted by atomic mass is 32.1. The lowest BCUT2D eigenvalue weighted by Gasteiger charge is -2.07. The summed E-state index contributed by atoms with van der Waals surface area (Å²) in [5.41, 5.74) is 1.92. The SMILES string of the molecule is COc1cccc(CNC(=O)Nc2nc(C)c(C)s2)c1. The first kappa shape index (κ1) is 14.3. The molecule has 0 spiro atoms. The van der Waals surface area contributed by atoms with Crippen molar-refractivity contribution in [1.82, 2.24) is 10.3 Å². The van der Waals surface area contributed by atoms with Gasteiger partial charge in [0.2, 0.25) is 0 Å². The van der Waals surface area contributed by atoms with E-state index < -0.39 is 0 Å². The van der Waals surface area contributed by atoms with Crippen LogP contribution in [0.4, 0.5) is 9.93 Å². The molecule has 106 valence electrons. The van der Waals surface area contributed by atoms with Gasteiger partial charge in [0.1, 0.15) is 5.75 Å². The number of aryl methyl sites for hydroxylation is 2. The van der Waals surface area contributed by atoms with E-state index in [9.17, 15) is 4.79 Å². The summed E-state index contributed by atoms with van der Waals surface area (Å²) in [6, 6.07) is 7.31. The first-order valence-electron chi connectivity index (χ1n) is 6.20. The van der Waals surface area contributed by atoms with Gasteiger partial charge in [0.05, 0.1) is 12.8 Å². The van der Waals surface area contributed by atoms with Crippen LogP contribution in [0.3, 0.4) is 0 Å². The quantitative estimate of drug-likeness (QED) is 0.910. The van der Waals surface area contributed by atoms with Crippen LogP contribution in [-0.2, 0) is 6.54 Å². The number of thiazole rings is 1. The molecule has 0 saturated carbocycles. The second-order valence-electron chi connectivity index (χ2n) is 4.32. The Kier molecular flexibility index (Phi) is 4.57. The van der Waals surface area contributed by atoms with E-state index in [0.29, 0.717) is 11.7 Å². The maximum atomic E-state index is 11.8. The highest BCUT2D eigenvalue weighted by Gasteiger charge is 2.07. The third-order valence-corrected chi connectivity index (χ3v) is 3.82. The zero-order valence-corrected chi connectivity index (χ0v) is 12.5. The van der Waals surface area contributed by atoms with Gasteiger partial charge in [-0.3, -0.25) is 5.32 Å². The van der Waals surface area contributed by atoms with Crippen molar-refractivity contribution in [2.45, 2.75) is 20.4 Å². The molecule has 5 nitrogen and oxygen atoms in total. The third-order valence-electron chi connectivity index (χ3n) is 2.84. The van der Waals surface area contributed by atoms with Gasteiger partial charge >= 0.3 is 6.03 Å². The summed E-state index contributed by atoms with van der Waals surface area (Å²) in [5, 5.41) is 6.13. The number of amides is 2. The Morgan fingerprint density at radius 3 is 2.85 bits per heavy atom. The van der Waals surface area contributed by atoms with Crippen molar-refractivity contribution in [2.75, 3.05) is 12.4 Å². The number of nitrogens with zero attached hydrogens (tertiary/aromatic N) is 1.